The third-order valence-corrected chi connectivity index (χ3v) is 6.04. The first-order chi connectivity index (χ1) is 19.7. The lowest BCUT2D eigenvalue weighted by Gasteiger charge is -2.25. The minimum atomic E-state index is -1.58. The lowest BCUT2D eigenvalue weighted by Crippen LogP contribution is -2.58. The maximum atomic E-state index is 13.5. The third-order valence-electron chi connectivity index (χ3n) is 6.04. The zero-order valence-electron chi connectivity index (χ0n) is 22.4. The van der Waals surface area contributed by atoms with Gasteiger partial charge in [-0.2, -0.15) is 0 Å². The first-order valence-corrected chi connectivity index (χ1v) is 12.7. The number of nitrogens with one attached hydrogen (secondary N) is 3. The van der Waals surface area contributed by atoms with Crippen LogP contribution in [0.25, 0.3) is 0 Å². The number of phenols is 2. The summed E-state index contributed by atoms with van der Waals surface area (Å²) in [6.45, 7) is 0. The van der Waals surface area contributed by atoms with Gasteiger partial charge >= 0.3 is 11.9 Å². The molecule has 4 unspecified atom stereocenters. The van der Waals surface area contributed by atoms with Crippen molar-refractivity contribution in [2.45, 2.75) is 56.3 Å². The van der Waals surface area contributed by atoms with Crippen molar-refractivity contribution in [3.8, 4) is 11.5 Å². The molecule has 0 aliphatic rings. The molecular weight excluding hydrogens is 554 g/mol. The summed E-state index contributed by atoms with van der Waals surface area (Å²) in [5.41, 5.74) is 11.8. The van der Waals surface area contributed by atoms with Crippen molar-refractivity contribution < 1.29 is 49.2 Å². The minimum absolute atomic E-state index is 0.0474. The van der Waals surface area contributed by atoms with Crippen LogP contribution in [0.4, 0.5) is 0 Å². The Morgan fingerprint density at radius 1 is 0.667 bits per heavy atom. The minimum Gasteiger partial charge on any atom is -0.508 e. The van der Waals surface area contributed by atoms with E-state index in [4.69, 9.17) is 16.6 Å². The summed E-state index contributed by atoms with van der Waals surface area (Å²) in [6, 6.07) is 5.61. The first-order valence-electron chi connectivity index (χ1n) is 12.7. The zero-order chi connectivity index (χ0) is 31.4. The van der Waals surface area contributed by atoms with Crippen LogP contribution in [-0.4, -0.2) is 80.2 Å². The van der Waals surface area contributed by atoms with Gasteiger partial charge in [0.25, 0.3) is 0 Å². The van der Waals surface area contributed by atoms with Crippen molar-refractivity contribution >= 4 is 35.6 Å². The highest BCUT2D eigenvalue weighted by atomic mass is 16.4. The van der Waals surface area contributed by atoms with Gasteiger partial charge in [-0.05, 0) is 41.8 Å². The van der Waals surface area contributed by atoms with Crippen molar-refractivity contribution in [1.82, 2.24) is 16.0 Å². The summed E-state index contributed by atoms with van der Waals surface area (Å²) in [6.07, 6.45) is -1.78. The Bertz CT molecular complexity index is 1280. The number of carbonyl (C=O) groups excluding carboxylic acids is 4. The van der Waals surface area contributed by atoms with Gasteiger partial charge in [-0.15, -0.1) is 0 Å². The lowest BCUT2D eigenvalue weighted by atomic mass is 10.0. The second-order valence-electron chi connectivity index (χ2n) is 9.47. The Morgan fingerprint density at radius 2 is 1.07 bits per heavy atom. The van der Waals surface area contributed by atoms with E-state index in [2.05, 4.69) is 16.0 Å². The fourth-order valence-electron chi connectivity index (χ4n) is 3.81. The molecule has 0 fully saturated rings. The van der Waals surface area contributed by atoms with Crippen molar-refractivity contribution in [3.05, 3.63) is 59.7 Å². The summed E-state index contributed by atoms with van der Waals surface area (Å²) in [4.78, 5) is 73.1. The summed E-state index contributed by atoms with van der Waals surface area (Å²) in [5, 5.41) is 44.7. The Hall–Kier alpha value is -5.18. The molecule has 2 aromatic carbocycles. The monoisotopic (exact) mass is 587 g/mol. The van der Waals surface area contributed by atoms with Crippen molar-refractivity contribution in [2.24, 2.45) is 11.5 Å². The molecule has 4 amide bonds. The highest BCUT2D eigenvalue weighted by Crippen LogP contribution is 2.14. The smallest absolute Gasteiger partial charge is 0.326 e. The topological polar surface area (TPSA) is 271 Å². The number of benzene rings is 2. The number of primary amides is 1. The molecule has 0 saturated carbocycles. The van der Waals surface area contributed by atoms with Crippen LogP contribution >= 0.6 is 0 Å². The Balaban J connectivity index is 2.34. The van der Waals surface area contributed by atoms with Gasteiger partial charge < -0.3 is 47.8 Å². The Kier molecular flexibility index (Phi) is 12.2. The molecule has 0 aliphatic heterocycles. The molecule has 0 bridgehead atoms. The molecule has 15 nitrogen and oxygen atoms in total. The molecule has 11 N–H and O–H groups in total. The van der Waals surface area contributed by atoms with Crippen LogP contribution < -0.4 is 27.4 Å². The molecule has 2 aromatic rings. The van der Waals surface area contributed by atoms with Gasteiger partial charge in [-0.25, -0.2) is 4.79 Å². The molecule has 42 heavy (non-hydrogen) atoms. The number of rotatable bonds is 16. The standard InChI is InChI=1S/C27H33N5O10/c28-18(13-22(29)35)24(38)31-20(11-14-1-5-16(33)6-2-14)26(40)32-21(12-15-3-7-17(34)8-4-15)25(39)30-19(27(41)42)9-10-23(36)37/h1-8,18-21,33-34H,9-13,28H2,(H2,29,35)(H,30,39)(H,31,38)(H,32,40)(H,36,37)(H,41,42). The number of hydrogen-bond donors (Lipinski definition) is 9. The Morgan fingerprint density at radius 3 is 1.45 bits per heavy atom. The van der Waals surface area contributed by atoms with E-state index in [9.17, 15) is 44.1 Å². The molecule has 0 spiro atoms. The second kappa shape index (κ2) is 15.6. The molecule has 15 heteroatoms. The number of carboxylic acids is 2. The van der Waals surface area contributed by atoms with Crippen LogP contribution in [0.3, 0.4) is 0 Å². The molecule has 0 radical (unpaired) electrons. The number of hydrogen-bond acceptors (Lipinski definition) is 9. The fourth-order valence-corrected chi connectivity index (χ4v) is 3.81. The normalized spacial score (nSPS) is 13.5. The van der Waals surface area contributed by atoms with Gasteiger partial charge in [0, 0.05) is 19.3 Å². The summed E-state index contributed by atoms with van der Waals surface area (Å²) in [7, 11) is 0. The van der Waals surface area contributed by atoms with Gasteiger partial charge in [0.1, 0.15) is 29.6 Å². The number of aromatic hydroxyl groups is 2. The summed E-state index contributed by atoms with van der Waals surface area (Å²) < 4.78 is 0. The Labute approximate surface area is 239 Å². The maximum absolute atomic E-state index is 13.5. The highest BCUT2D eigenvalue weighted by molar-refractivity contribution is 5.95. The number of amides is 4. The van der Waals surface area contributed by atoms with Crippen LogP contribution in [0.15, 0.2) is 48.5 Å². The molecule has 2 rings (SSSR count). The SMILES string of the molecule is NC(=O)CC(N)C(=O)NC(Cc1ccc(O)cc1)C(=O)NC(Cc1ccc(O)cc1)C(=O)NC(CCC(=O)O)C(=O)O. The van der Waals surface area contributed by atoms with Gasteiger partial charge in [-0.1, -0.05) is 24.3 Å². The van der Waals surface area contributed by atoms with Crippen LogP contribution in [0.5, 0.6) is 11.5 Å². The van der Waals surface area contributed by atoms with E-state index in [1.54, 1.807) is 0 Å². The summed E-state index contributed by atoms with van der Waals surface area (Å²) >= 11 is 0. The lowest BCUT2D eigenvalue weighted by molar-refractivity contribution is -0.143. The van der Waals surface area contributed by atoms with E-state index in [1.165, 1.54) is 48.5 Å². The van der Waals surface area contributed by atoms with E-state index in [-0.39, 0.29) is 24.3 Å². The van der Waals surface area contributed by atoms with Gasteiger partial charge in [-0.3, -0.25) is 24.0 Å². The highest BCUT2D eigenvalue weighted by Gasteiger charge is 2.31. The van der Waals surface area contributed by atoms with Gasteiger partial charge in [0.05, 0.1) is 12.5 Å². The number of carbonyl (C=O) groups is 6. The van der Waals surface area contributed by atoms with Crippen molar-refractivity contribution in [2.75, 3.05) is 0 Å². The van der Waals surface area contributed by atoms with E-state index in [1.807, 2.05) is 0 Å². The van der Waals surface area contributed by atoms with Crippen LogP contribution in [0.1, 0.15) is 30.4 Å². The fraction of sp³-hybridized carbons (Fsp3) is 0.333. The molecule has 0 saturated heterocycles. The number of phenolic OH excluding ortho intramolecular Hbond substituents is 2. The second-order valence-corrected chi connectivity index (χ2v) is 9.47. The average Bonchev–Trinajstić information content (AvgIpc) is 2.91. The zero-order valence-corrected chi connectivity index (χ0v) is 22.4. The van der Waals surface area contributed by atoms with E-state index in [0.717, 1.165) is 0 Å². The van der Waals surface area contributed by atoms with E-state index >= 15 is 0 Å². The molecular formula is C27H33N5O10. The molecule has 226 valence electrons. The van der Waals surface area contributed by atoms with Crippen molar-refractivity contribution in [3.63, 3.8) is 0 Å². The predicted molar refractivity (Wildman–Crippen MR) is 146 cm³/mol. The third kappa shape index (κ3) is 11.1. The number of nitrogens with two attached hydrogens (primary N) is 2. The van der Waals surface area contributed by atoms with E-state index < -0.39 is 79.0 Å². The number of aliphatic carboxylic acids is 2. The molecule has 0 heterocycles. The van der Waals surface area contributed by atoms with Crippen LogP contribution in [0.2, 0.25) is 0 Å². The summed E-state index contributed by atoms with van der Waals surface area (Å²) in [5.74, 6) is -6.42. The quantitative estimate of drug-likeness (QED) is 0.109. The molecule has 0 aliphatic carbocycles. The van der Waals surface area contributed by atoms with Gasteiger partial charge in [0.2, 0.25) is 23.6 Å². The molecule has 0 aromatic heterocycles. The van der Waals surface area contributed by atoms with Crippen LogP contribution in [-0.2, 0) is 41.6 Å². The average molecular weight is 588 g/mol. The maximum Gasteiger partial charge on any atom is 0.326 e. The van der Waals surface area contributed by atoms with Crippen LogP contribution in [0, 0.1) is 0 Å². The van der Waals surface area contributed by atoms with Gasteiger partial charge in [0.15, 0.2) is 0 Å². The first kappa shape index (κ1) is 33.0. The predicted octanol–water partition coefficient (Wildman–Crippen LogP) is -1.51. The van der Waals surface area contributed by atoms with E-state index in [0.29, 0.717) is 11.1 Å². The largest absolute Gasteiger partial charge is 0.508 e. The molecule has 4 atom stereocenters. The number of carboxylic acid groups (broad SMARTS) is 2. The van der Waals surface area contributed by atoms with Crippen molar-refractivity contribution in [1.29, 1.82) is 0 Å².